The number of carbonyl (C=O) groups excluding carboxylic acids is 1. The third-order valence-corrected chi connectivity index (χ3v) is 3.28. The maximum atomic E-state index is 11.2. The van der Waals surface area contributed by atoms with Crippen LogP contribution in [-0.4, -0.2) is 11.1 Å². The molecule has 1 aliphatic rings. The predicted molar refractivity (Wildman–Crippen MR) is 60.2 cm³/mol. The first-order valence-corrected chi connectivity index (χ1v) is 5.36. The van der Waals surface area contributed by atoms with E-state index in [-0.39, 0.29) is 15.6 Å². The lowest BCUT2D eigenvalue weighted by Gasteiger charge is -2.21. The summed E-state index contributed by atoms with van der Waals surface area (Å²) in [6.45, 7) is 0. The van der Waals surface area contributed by atoms with E-state index >= 15 is 0 Å². The van der Waals surface area contributed by atoms with Gasteiger partial charge >= 0.3 is 5.97 Å². The Morgan fingerprint density at radius 1 is 1.12 bits per heavy atom. The standard InChI is InChI=1S/C10H5Cl3O3/c11-6-3-1-5(2-4-6)10(15)8(13)7(12)9(14)16-10/h1-4,15H/t10-/m0/s1. The molecular weight excluding hydrogens is 274 g/mol. The monoisotopic (exact) mass is 278 g/mol. The summed E-state index contributed by atoms with van der Waals surface area (Å²) in [6, 6.07) is 6.07. The zero-order chi connectivity index (χ0) is 11.9. The normalized spacial score (nSPS) is 24.9. The molecule has 0 radical (unpaired) electrons. The first-order valence-electron chi connectivity index (χ1n) is 4.22. The van der Waals surface area contributed by atoms with Gasteiger partial charge in [-0.05, 0) is 12.1 Å². The molecule has 0 saturated heterocycles. The van der Waals surface area contributed by atoms with Crippen LogP contribution in [0.5, 0.6) is 0 Å². The highest BCUT2D eigenvalue weighted by molar-refractivity contribution is 6.48. The maximum Gasteiger partial charge on any atom is 0.354 e. The van der Waals surface area contributed by atoms with Crippen molar-refractivity contribution in [1.82, 2.24) is 0 Å². The van der Waals surface area contributed by atoms with Gasteiger partial charge in [0.2, 0.25) is 0 Å². The smallest absolute Gasteiger partial charge is 0.354 e. The molecule has 0 aromatic heterocycles. The van der Waals surface area contributed by atoms with Crippen LogP contribution < -0.4 is 0 Å². The van der Waals surface area contributed by atoms with Crippen LogP contribution in [0.1, 0.15) is 5.56 Å². The topological polar surface area (TPSA) is 46.5 Å². The number of rotatable bonds is 1. The van der Waals surface area contributed by atoms with Crippen LogP contribution in [0.4, 0.5) is 0 Å². The average Bonchev–Trinajstić information content (AvgIpc) is 2.45. The van der Waals surface area contributed by atoms with E-state index in [1.807, 2.05) is 0 Å². The molecule has 1 aliphatic heterocycles. The third kappa shape index (κ3) is 1.70. The van der Waals surface area contributed by atoms with Crippen molar-refractivity contribution in [1.29, 1.82) is 0 Å². The molecule has 0 unspecified atom stereocenters. The van der Waals surface area contributed by atoms with Crippen molar-refractivity contribution in [3.8, 4) is 0 Å². The average molecular weight is 280 g/mol. The fourth-order valence-corrected chi connectivity index (χ4v) is 1.84. The largest absolute Gasteiger partial charge is 0.419 e. The van der Waals surface area contributed by atoms with E-state index in [4.69, 9.17) is 39.5 Å². The summed E-state index contributed by atoms with van der Waals surface area (Å²) in [7, 11) is 0. The number of halogens is 3. The molecular formula is C10H5Cl3O3. The second kappa shape index (κ2) is 3.93. The molecule has 0 amide bonds. The van der Waals surface area contributed by atoms with Crippen LogP contribution in [0, 0.1) is 0 Å². The Kier molecular flexibility index (Phi) is 2.88. The molecule has 6 heteroatoms. The number of aliphatic hydroxyl groups is 1. The van der Waals surface area contributed by atoms with Gasteiger partial charge in [-0.2, -0.15) is 0 Å². The molecule has 1 N–H and O–H groups in total. The lowest BCUT2D eigenvalue weighted by atomic mass is 10.1. The molecule has 2 rings (SSSR count). The fourth-order valence-electron chi connectivity index (χ4n) is 1.32. The van der Waals surface area contributed by atoms with Gasteiger partial charge in [0.1, 0.15) is 10.1 Å². The Bertz CT molecular complexity index is 481. The zero-order valence-corrected chi connectivity index (χ0v) is 9.97. The number of benzene rings is 1. The van der Waals surface area contributed by atoms with Gasteiger partial charge in [0.25, 0.3) is 5.79 Å². The summed E-state index contributed by atoms with van der Waals surface area (Å²) in [5.41, 5.74) is 0.283. The van der Waals surface area contributed by atoms with Gasteiger partial charge in [-0.15, -0.1) is 0 Å². The maximum absolute atomic E-state index is 11.2. The lowest BCUT2D eigenvalue weighted by Crippen LogP contribution is -2.27. The van der Waals surface area contributed by atoms with Crippen molar-refractivity contribution in [2.75, 3.05) is 0 Å². The Balaban J connectivity index is 2.49. The fraction of sp³-hybridized carbons (Fsp3) is 0.100. The highest BCUT2D eigenvalue weighted by Gasteiger charge is 2.47. The minimum Gasteiger partial charge on any atom is -0.419 e. The molecule has 84 valence electrons. The van der Waals surface area contributed by atoms with E-state index in [2.05, 4.69) is 0 Å². The zero-order valence-electron chi connectivity index (χ0n) is 7.71. The number of hydrogen-bond donors (Lipinski definition) is 1. The summed E-state index contributed by atoms with van der Waals surface area (Å²) in [4.78, 5) is 11.2. The summed E-state index contributed by atoms with van der Waals surface area (Å²) in [5.74, 6) is -2.87. The van der Waals surface area contributed by atoms with Crippen molar-refractivity contribution in [3.05, 3.63) is 44.9 Å². The molecule has 0 fully saturated rings. The first kappa shape index (κ1) is 11.7. The lowest BCUT2D eigenvalue weighted by molar-refractivity contribution is -0.183. The van der Waals surface area contributed by atoms with Crippen molar-refractivity contribution in [2.24, 2.45) is 0 Å². The molecule has 1 atom stereocenters. The van der Waals surface area contributed by atoms with E-state index < -0.39 is 11.8 Å². The first-order chi connectivity index (χ1) is 7.45. The van der Waals surface area contributed by atoms with Gasteiger partial charge in [-0.3, -0.25) is 0 Å². The molecule has 1 aromatic carbocycles. The minimum atomic E-state index is -2.01. The quantitative estimate of drug-likeness (QED) is 0.804. The molecule has 1 heterocycles. The molecule has 0 aliphatic carbocycles. The minimum absolute atomic E-state index is 0.249. The second-order valence-corrected chi connectivity index (χ2v) is 4.36. The highest BCUT2D eigenvalue weighted by atomic mass is 35.5. The summed E-state index contributed by atoms with van der Waals surface area (Å²) in [6.07, 6.45) is 0. The summed E-state index contributed by atoms with van der Waals surface area (Å²) < 4.78 is 4.73. The van der Waals surface area contributed by atoms with Gasteiger partial charge in [-0.25, -0.2) is 4.79 Å². The van der Waals surface area contributed by atoms with Gasteiger partial charge in [0.15, 0.2) is 0 Å². The SMILES string of the molecule is O=C1O[C@@](O)(c2ccc(Cl)cc2)C(Cl)=C1Cl. The summed E-state index contributed by atoms with van der Waals surface area (Å²) >= 11 is 17.0. The number of esters is 1. The molecule has 16 heavy (non-hydrogen) atoms. The van der Waals surface area contributed by atoms with E-state index in [1.54, 1.807) is 12.1 Å². The van der Waals surface area contributed by atoms with E-state index in [0.717, 1.165) is 0 Å². The van der Waals surface area contributed by atoms with Crippen LogP contribution in [0.3, 0.4) is 0 Å². The number of cyclic esters (lactones) is 1. The van der Waals surface area contributed by atoms with E-state index in [1.165, 1.54) is 12.1 Å². The highest BCUT2D eigenvalue weighted by Crippen LogP contribution is 2.42. The Labute approximate surface area is 106 Å². The predicted octanol–water partition coefficient (Wildman–Crippen LogP) is 2.73. The van der Waals surface area contributed by atoms with Gasteiger partial charge in [0, 0.05) is 10.6 Å². The molecule has 0 spiro atoms. The molecule has 3 nitrogen and oxygen atoms in total. The van der Waals surface area contributed by atoms with Crippen molar-refractivity contribution in [3.63, 3.8) is 0 Å². The number of ether oxygens (including phenoxy) is 1. The second-order valence-electron chi connectivity index (χ2n) is 3.17. The number of carbonyl (C=O) groups is 1. The molecule has 0 saturated carbocycles. The molecule has 1 aromatic rings. The van der Waals surface area contributed by atoms with Crippen LogP contribution in [0.2, 0.25) is 5.02 Å². The van der Waals surface area contributed by atoms with Gasteiger partial charge in [-0.1, -0.05) is 46.9 Å². The van der Waals surface area contributed by atoms with E-state index in [0.29, 0.717) is 5.02 Å². The number of hydrogen-bond acceptors (Lipinski definition) is 3. The van der Waals surface area contributed by atoms with Crippen LogP contribution in [0.15, 0.2) is 34.3 Å². The van der Waals surface area contributed by atoms with Crippen molar-refractivity contribution in [2.45, 2.75) is 5.79 Å². The van der Waals surface area contributed by atoms with Gasteiger partial charge < -0.3 is 9.84 Å². The van der Waals surface area contributed by atoms with Crippen LogP contribution in [0.25, 0.3) is 0 Å². The Morgan fingerprint density at radius 3 is 2.12 bits per heavy atom. The molecule has 0 bridgehead atoms. The van der Waals surface area contributed by atoms with Crippen molar-refractivity contribution >= 4 is 40.8 Å². The van der Waals surface area contributed by atoms with Crippen LogP contribution >= 0.6 is 34.8 Å². The van der Waals surface area contributed by atoms with E-state index in [9.17, 15) is 9.90 Å². The van der Waals surface area contributed by atoms with Crippen LogP contribution in [-0.2, 0) is 15.3 Å². The van der Waals surface area contributed by atoms with Gasteiger partial charge in [0.05, 0.1) is 0 Å². The Morgan fingerprint density at radius 2 is 1.69 bits per heavy atom. The third-order valence-electron chi connectivity index (χ3n) is 2.15. The summed E-state index contributed by atoms with van der Waals surface area (Å²) in [5, 5.41) is 10.0. The Hall–Kier alpha value is -0.740. The van der Waals surface area contributed by atoms with Crippen molar-refractivity contribution < 1.29 is 14.6 Å².